The first-order chi connectivity index (χ1) is 24.8. The van der Waals surface area contributed by atoms with Crippen LogP contribution < -0.4 is 4.90 Å². The van der Waals surface area contributed by atoms with Crippen molar-refractivity contribution in [3.05, 3.63) is 53.1 Å². The molecule has 0 aliphatic rings. The van der Waals surface area contributed by atoms with E-state index in [2.05, 4.69) is 52.0 Å². The molecule has 0 saturated carbocycles. The summed E-state index contributed by atoms with van der Waals surface area (Å²) in [6, 6.07) is 3.93. The Morgan fingerprint density at radius 3 is 1.20 bits per heavy atom. The largest absolute Gasteiger partial charge is 0.377 e. The van der Waals surface area contributed by atoms with Gasteiger partial charge in [-0.1, -0.05) is 161 Å². The maximum atomic E-state index is 13.5. The number of carbonyl (C=O) groups is 2. The van der Waals surface area contributed by atoms with Crippen molar-refractivity contribution in [1.82, 2.24) is 0 Å². The molecule has 51 heavy (non-hydrogen) atoms. The molecule has 0 bridgehead atoms. The Morgan fingerprint density at radius 1 is 0.490 bits per heavy atom. The fourth-order valence-electron chi connectivity index (χ4n) is 6.75. The molecule has 1 rings (SSSR count). The third kappa shape index (κ3) is 27.2. The molecule has 0 heterocycles. The van der Waals surface area contributed by atoms with Gasteiger partial charge >= 0.3 is 0 Å². The predicted molar refractivity (Wildman–Crippen MR) is 229 cm³/mol. The van der Waals surface area contributed by atoms with Gasteiger partial charge in [-0.05, 0) is 88.8 Å². The van der Waals surface area contributed by atoms with Gasteiger partial charge in [-0.15, -0.1) is 0 Å². The highest BCUT2D eigenvalue weighted by Gasteiger charge is 2.21. The Kier molecular flexibility index (Phi) is 34.7. The average molecular weight is 708 g/mol. The van der Waals surface area contributed by atoms with E-state index in [0.717, 1.165) is 36.9 Å². The first kappa shape index (κ1) is 48.8. The minimum absolute atomic E-state index is 0.133. The number of hydrogen-bond acceptors (Lipinski definition) is 3. The highest BCUT2D eigenvalue weighted by atomic mass is 16.1. The summed E-state index contributed by atoms with van der Waals surface area (Å²) in [5.74, 6) is 0.274. The minimum atomic E-state index is 0.133. The van der Waals surface area contributed by atoms with Gasteiger partial charge in [-0.2, -0.15) is 0 Å². The first-order valence-corrected chi connectivity index (χ1v) is 22.0. The van der Waals surface area contributed by atoms with E-state index in [1.165, 1.54) is 148 Å². The van der Waals surface area contributed by atoms with Crippen molar-refractivity contribution in [3.63, 3.8) is 0 Å². The van der Waals surface area contributed by atoms with Crippen molar-refractivity contribution in [2.45, 2.75) is 221 Å². The van der Waals surface area contributed by atoms with Gasteiger partial charge in [0.2, 0.25) is 0 Å². The monoisotopic (exact) mass is 708 g/mol. The second-order valence-corrected chi connectivity index (χ2v) is 15.2. The zero-order chi connectivity index (χ0) is 37.8. The number of hydrogen-bond donors (Lipinski definition) is 0. The Morgan fingerprint density at radius 2 is 0.824 bits per heavy atom. The Bertz CT molecular complexity index is 1020. The molecule has 1 aromatic rings. The van der Waals surface area contributed by atoms with E-state index < -0.39 is 0 Å². The van der Waals surface area contributed by atoms with Crippen molar-refractivity contribution in [2.24, 2.45) is 0 Å². The molecule has 0 radical (unpaired) electrons. The van der Waals surface area contributed by atoms with Crippen LogP contribution in [0.2, 0.25) is 0 Å². The van der Waals surface area contributed by atoms with Crippen LogP contribution in [0.15, 0.2) is 36.4 Å². The summed E-state index contributed by atoms with van der Waals surface area (Å²) in [5, 5.41) is 0. The number of anilines is 1. The van der Waals surface area contributed by atoms with Crippen LogP contribution >= 0.6 is 0 Å². The summed E-state index contributed by atoms with van der Waals surface area (Å²) in [4.78, 5) is 28.9. The second-order valence-electron chi connectivity index (χ2n) is 15.2. The Hall–Kier alpha value is -2.16. The highest BCUT2D eigenvalue weighted by molar-refractivity contribution is 6.10. The molecule has 0 saturated heterocycles. The smallest absolute Gasteiger partial charge is 0.163 e. The van der Waals surface area contributed by atoms with Crippen molar-refractivity contribution in [2.75, 3.05) is 19.0 Å². The van der Waals surface area contributed by atoms with Crippen LogP contribution in [0, 0.1) is 6.92 Å². The number of nitrogens with zero attached hydrogens (tertiary/aromatic N) is 1. The van der Waals surface area contributed by atoms with Gasteiger partial charge in [-0.3, -0.25) is 9.59 Å². The Balaban J connectivity index is 0.00000802. The van der Waals surface area contributed by atoms with Crippen molar-refractivity contribution in [1.29, 1.82) is 0 Å². The van der Waals surface area contributed by atoms with Crippen molar-refractivity contribution >= 4 is 17.3 Å². The van der Waals surface area contributed by atoms with Gasteiger partial charge in [0.1, 0.15) is 0 Å². The lowest BCUT2D eigenvalue weighted by Crippen LogP contribution is -2.16. The maximum Gasteiger partial charge on any atom is 0.163 e. The molecular weight excluding hydrogens is 623 g/mol. The standard InChI is InChI=1S/C45H77NO2.C3H8/c1-6-8-10-12-14-16-18-20-22-24-26-28-30-32-34-36-43(47)41-38-39-42(46(4)5)40(3)45(41)44(48)37-35-33-31-29-27-25-23-21-19-17-15-13-11-9-7-2;1-3-2/h20-23,38-39H,6-19,24-37H2,1-5H3;3H2,1-2H3/b22-20-,23-21-;. The number of benzene rings is 1. The lowest BCUT2D eigenvalue weighted by atomic mass is 9.90. The molecule has 0 aliphatic carbocycles. The van der Waals surface area contributed by atoms with E-state index in [-0.39, 0.29) is 11.6 Å². The molecule has 0 aliphatic heterocycles. The van der Waals surface area contributed by atoms with Crippen LogP contribution in [0.1, 0.15) is 240 Å². The molecular formula is C48H85NO2. The molecule has 0 unspecified atom stereocenters. The molecule has 294 valence electrons. The lowest BCUT2D eigenvalue weighted by molar-refractivity contribution is 0.0945. The van der Waals surface area contributed by atoms with E-state index in [1.54, 1.807) is 0 Å². The van der Waals surface area contributed by atoms with Crippen LogP contribution in [0.5, 0.6) is 0 Å². The Labute approximate surface area is 318 Å². The van der Waals surface area contributed by atoms with E-state index >= 15 is 0 Å². The van der Waals surface area contributed by atoms with E-state index in [0.29, 0.717) is 24.0 Å². The molecule has 0 atom stereocenters. The number of rotatable bonds is 33. The summed E-state index contributed by atoms with van der Waals surface area (Å²) in [6.07, 6.45) is 44.2. The zero-order valence-corrected chi connectivity index (χ0v) is 35.2. The molecule has 0 amide bonds. The molecule has 0 aromatic heterocycles. The van der Waals surface area contributed by atoms with E-state index in [4.69, 9.17) is 0 Å². The van der Waals surface area contributed by atoms with E-state index in [1.807, 2.05) is 38.1 Å². The third-order valence-electron chi connectivity index (χ3n) is 9.83. The minimum Gasteiger partial charge on any atom is -0.377 e. The maximum absolute atomic E-state index is 13.5. The summed E-state index contributed by atoms with van der Waals surface area (Å²) < 4.78 is 0. The van der Waals surface area contributed by atoms with Gasteiger partial charge in [0.25, 0.3) is 0 Å². The molecule has 3 heteroatoms. The van der Waals surface area contributed by atoms with Crippen molar-refractivity contribution < 1.29 is 9.59 Å². The second kappa shape index (κ2) is 36.2. The van der Waals surface area contributed by atoms with Crippen LogP contribution in [0.25, 0.3) is 0 Å². The topological polar surface area (TPSA) is 37.4 Å². The lowest BCUT2D eigenvalue weighted by Gasteiger charge is -2.20. The van der Waals surface area contributed by atoms with Crippen LogP contribution in [0.3, 0.4) is 0 Å². The first-order valence-electron chi connectivity index (χ1n) is 22.0. The molecule has 0 N–H and O–H groups in total. The fourth-order valence-corrected chi connectivity index (χ4v) is 6.75. The number of carbonyl (C=O) groups excluding carboxylic acids is 2. The van der Waals surface area contributed by atoms with E-state index in [9.17, 15) is 9.59 Å². The van der Waals surface area contributed by atoms with Gasteiger partial charge in [-0.25, -0.2) is 0 Å². The SMILES string of the molecule is CCC.CCCCCCCC/C=C\CCCCCCCC(=O)c1ccc(N(C)C)c(C)c1C(=O)CCCCCCC/C=C\CCCCCCCC. The quantitative estimate of drug-likeness (QED) is 0.0415. The molecule has 3 nitrogen and oxygen atoms in total. The third-order valence-corrected chi connectivity index (χ3v) is 9.83. The highest BCUT2D eigenvalue weighted by Crippen LogP contribution is 2.28. The number of ketones is 2. The summed E-state index contributed by atoms with van der Waals surface area (Å²) in [7, 11) is 4.01. The van der Waals surface area contributed by atoms with Gasteiger partial charge < -0.3 is 4.90 Å². The fraction of sp³-hybridized carbons (Fsp3) is 0.750. The summed E-state index contributed by atoms with van der Waals surface area (Å²) in [5.41, 5.74) is 3.30. The zero-order valence-electron chi connectivity index (χ0n) is 35.2. The summed E-state index contributed by atoms with van der Waals surface area (Å²) >= 11 is 0. The van der Waals surface area contributed by atoms with Crippen LogP contribution in [-0.2, 0) is 0 Å². The number of Topliss-reactive ketones (excluding diaryl/α,β-unsaturated/α-hetero) is 2. The molecule has 0 fully saturated rings. The number of allylic oxidation sites excluding steroid dienone is 4. The van der Waals surface area contributed by atoms with Gasteiger partial charge in [0.05, 0.1) is 0 Å². The van der Waals surface area contributed by atoms with Crippen LogP contribution in [-0.4, -0.2) is 25.7 Å². The number of unbranched alkanes of at least 4 members (excludes halogenated alkanes) is 22. The van der Waals surface area contributed by atoms with Crippen molar-refractivity contribution in [3.8, 4) is 0 Å². The molecule has 1 aromatic carbocycles. The summed E-state index contributed by atoms with van der Waals surface area (Å²) in [6.45, 7) is 10.8. The molecule has 0 spiro atoms. The van der Waals surface area contributed by atoms with Gasteiger partial charge in [0, 0.05) is 43.8 Å². The predicted octanol–water partition coefficient (Wildman–Crippen LogP) is 15.9. The van der Waals surface area contributed by atoms with Crippen LogP contribution in [0.4, 0.5) is 5.69 Å². The average Bonchev–Trinajstić information content (AvgIpc) is 3.11. The van der Waals surface area contributed by atoms with Gasteiger partial charge in [0.15, 0.2) is 11.6 Å². The normalized spacial score (nSPS) is 11.4.